The van der Waals surface area contributed by atoms with E-state index in [1.54, 1.807) is 48.5 Å². The second-order valence-corrected chi connectivity index (χ2v) is 8.72. The molecule has 5 nitrogen and oxygen atoms in total. The normalized spacial score (nSPS) is 12.2. The molecular formula is C23H24N2O3S. The summed E-state index contributed by atoms with van der Waals surface area (Å²) in [6, 6.07) is 24.4. The Hall–Kier alpha value is -3.12. The number of rotatable bonds is 7. The first kappa shape index (κ1) is 20.6. The highest BCUT2D eigenvalue weighted by Gasteiger charge is 2.27. The Bertz CT molecular complexity index is 1050. The van der Waals surface area contributed by atoms with Gasteiger partial charge in [0.2, 0.25) is 5.91 Å². The van der Waals surface area contributed by atoms with Crippen LogP contribution in [0.3, 0.4) is 0 Å². The predicted octanol–water partition coefficient (Wildman–Crippen LogP) is 4.07. The molecule has 0 aliphatic carbocycles. The smallest absolute Gasteiger partial charge is 0.264 e. The molecule has 3 aromatic rings. The van der Waals surface area contributed by atoms with E-state index in [4.69, 9.17) is 0 Å². The van der Waals surface area contributed by atoms with Crippen molar-refractivity contribution in [2.75, 3.05) is 10.8 Å². The Labute approximate surface area is 172 Å². The van der Waals surface area contributed by atoms with Crippen LogP contribution in [0.4, 0.5) is 5.69 Å². The Morgan fingerprint density at radius 3 is 2.03 bits per heavy atom. The topological polar surface area (TPSA) is 66.5 Å². The minimum atomic E-state index is -3.88. The van der Waals surface area contributed by atoms with E-state index in [0.717, 1.165) is 15.4 Å². The number of benzene rings is 3. The van der Waals surface area contributed by atoms with Crippen molar-refractivity contribution in [2.24, 2.45) is 0 Å². The van der Waals surface area contributed by atoms with Gasteiger partial charge in [0.1, 0.15) is 6.54 Å². The molecule has 150 valence electrons. The van der Waals surface area contributed by atoms with Crippen molar-refractivity contribution in [3.63, 3.8) is 0 Å². The van der Waals surface area contributed by atoms with Crippen LogP contribution >= 0.6 is 0 Å². The van der Waals surface area contributed by atoms with Gasteiger partial charge in [-0.05, 0) is 43.7 Å². The van der Waals surface area contributed by atoms with Gasteiger partial charge in [-0.25, -0.2) is 8.42 Å². The maximum absolute atomic E-state index is 13.2. The van der Waals surface area contributed by atoms with Crippen LogP contribution in [0, 0.1) is 6.92 Å². The molecule has 1 N–H and O–H groups in total. The summed E-state index contributed by atoms with van der Waals surface area (Å²) in [6.45, 7) is 3.57. The molecule has 0 radical (unpaired) electrons. The molecule has 0 aliphatic heterocycles. The number of amides is 1. The van der Waals surface area contributed by atoms with Crippen LogP contribution in [-0.2, 0) is 14.8 Å². The van der Waals surface area contributed by atoms with Crippen LogP contribution in [0.25, 0.3) is 0 Å². The van der Waals surface area contributed by atoms with Gasteiger partial charge < -0.3 is 5.32 Å². The molecular weight excluding hydrogens is 384 g/mol. The van der Waals surface area contributed by atoms with Gasteiger partial charge in [-0.3, -0.25) is 9.10 Å². The maximum atomic E-state index is 13.2. The lowest BCUT2D eigenvalue weighted by molar-refractivity contribution is -0.120. The lowest BCUT2D eigenvalue weighted by atomic mass is 10.1. The van der Waals surface area contributed by atoms with Crippen molar-refractivity contribution in [1.29, 1.82) is 0 Å². The largest absolute Gasteiger partial charge is 0.348 e. The molecule has 1 amide bonds. The van der Waals surface area contributed by atoms with E-state index < -0.39 is 10.0 Å². The standard InChI is InChI=1S/C23H24N2O3S/c1-18-13-15-20(16-14-18)19(2)24-23(26)17-25(21-9-5-3-6-10-21)29(27,28)22-11-7-4-8-12-22/h3-16,19H,17H2,1-2H3,(H,24,26)/t19-/m1/s1. The molecule has 0 spiro atoms. The van der Waals surface area contributed by atoms with Crippen molar-refractivity contribution in [1.82, 2.24) is 5.32 Å². The van der Waals surface area contributed by atoms with Gasteiger partial charge in [-0.15, -0.1) is 0 Å². The molecule has 3 aromatic carbocycles. The molecule has 1 atom stereocenters. The van der Waals surface area contributed by atoms with Gasteiger partial charge in [0.15, 0.2) is 0 Å². The van der Waals surface area contributed by atoms with Crippen LogP contribution in [-0.4, -0.2) is 20.9 Å². The van der Waals surface area contributed by atoms with Gasteiger partial charge in [0.05, 0.1) is 16.6 Å². The zero-order valence-electron chi connectivity index (χ0n) is 16.4. The average Bonchev–Trinajstić information content (AvgIpc) is 2.73. The Balaban J connectivity index is 1.84. The summed E-state index contributed by atoms with van der Waals surface area (Å²) < 4.78 is 27.6. The summed E-state index contributed by atoms with van der Waals surface area (Å²) >= 11 is 0. The molecule has 0 saturated heterocycles. The van der Waals surface area contributed by atoms with E-state index >= 15 is 0 Å². The Morgan fingerprint density at radius 1 is 0.897 bits per heavy atom. The van der Waals surface area contributed by atoms with Crippen molar-refractivity contribution >= 4 is 21.6 Å². The zero-order chi connectivity index (χ0) is 20.9. The fourth-order valence-corrected chi connectivity index (χ4v) is 4.43. The van der Waals surface area contributed by atoms with Crippen molar-refractivity contribution in [2.45, 2.75) is 24.8 Å². The number of anilines is 1. The quantitative estimate of drug-likeness (QED) is 0.641. The predicted molar refractivity (Wildman–Crippen MR) is 115 cm³/mol. The molecule has 0 heterocycles. The molecule has 0 aliphatic rings. The van der Waals surface area contributed by atoms with E-state index in [1.807, 2.05) is 38.1 Å². The number of aryl methyl sites for hydroxylation is 1. The van der Waals surface area contributed by atoms with Crippen LogP contribution in [0.5, 0.6) is 0 Å². The average molecular weight is 409 g/mol. The number of nitrogens with one attached hydrogen (secondary N) is 1. The van der Waals surface area contributed by atoms with E-state index in [9.17, 15) is 13.2 Å². The highest BCUT2D eigenvalue weighted by atomic mass is 32.2. The molecule has 6 heteroatoms. The SMILES string of the molecule is Cc1ccc([C@@H](C)NC(=O)CN(c2ccccc2)S(=O)(=O)c2ccccc2)cc1. The van der Waals surface area contributed by atoms with E-state index in [2.05, 4.69) is 5.32 Å². The second kappa shape index (κ2) is 8.92. The summed E-state index contributed by atoms with van der Waals surface area (Å²) in [5, 5.41) is 2.89. The molecule has 0 bridgehead atoms. The van der Waals surface area contributed by atoms with Gasteiger partial charge in [-0.2, -0.15) is 0 Å². The third kappa shape index (κ3) is 5.03. The van der Waals surface area contributed by atoms with Crippen molar-refractivity contribution < 1.29 is 13.2 Å². The minimum Gasteiger partial charge on any atom is -0.348 e. The van der Waals surface area contributed by atoms with Crippen LogP contribution in [0.2, 0.25) is 0 Å². The Morgan fingerprint density at radius 2 is 1.45 bits per heavy atom. The fourth-order valence-electron chi connectivity index (χ4n) is 2.99. The van der Waals surface area contributed by atoms with Gasteiger partial charge in [0, 0.05) is 0 Å². The lowest BCUT2D eigenvalue weighted by Gasteiger charge is -2.25. The lowest BCUT2D eigenvalue weighted by Crippen LogP contribution is -2.41. The summed E-state index contributed by atoms with van der Waals surface area (Å²) in [7, 11) is -3.88. The van der Waals surface area contributed by atoms with Gasteiger partial charge in [0.25, 0.3) is 10.0 Å². The van der Waals surface area contributed by atoms with Gasteiger partial charge in [-0.1, -0.05) is 66.2 Å². The number of para-hydroxylation sites is 1. The highest BCUT2D eigenvalue weighted by molar-refractivity contribution is 7.92. The molecule has 29 heavy (non-hydrogen) atoms. The molecule has 3 rings (SSSR count). The van der Waals surface area contributed by atoms with Crippen LogP contribution < -0.4 is 9.62 Å². The van der Waals surface area contributed by atoms with Crippen molar-refractivity contribution in [3.05, 3.63) is 96.1 Å². The number of sulfonamides is 1. The molecule has 0 unspecified atom stereocenters. The second-order valence-electron chi connectivity index (χ2n) is 6.86. The van der Waals surface area contributed by atoms with Crippen molar-refractivity contribution in [3.8, 4) is 0 Å². The number of nitrogens with zero attached hydrogens (tertiary/aromatic N) is 1. The fraction of sp³-hybridized carbons (Fsp3) is 0.174. The number of carbonyl (C=O) groups excluding carboxylic acids is 1. The third-order valence-corrected chi connectivity index (χ3v) is 6.41. The monoisotopic (exact) mass is 408 g/mol. The van der Waals surface area contributed by atoms with E-state index in [1.165, 1.54) is 12.1 Å². The maximum Gasteiger partial charge on any atom is 0.264 e. The third-order valence-electron chi connectivity index (χ3n) is 4.62. The first-order valence-corrected chi connectivity index (χ1v) is 10.8. The van der Waals surface area contributed by atoms with Crippen LogP contribution in [0.15, 0.2) is 89.8 Å². The zero-order valence-corrected chi connectivity index (χ0v) is 17.3. The first-order chi connectivity index (χ1) is 13.9. The Kier molecular flexibility index (Phi) is 6.34. The number of hydrogen-bond donors (Lipinski definition) is 1. The molecule has 0 saturated carbocycles. The number of hydrogen-bond acceptors (Lipinski definition) is 3. The summed E-state index contributed by atoms with van der Waals surface area (Å²) in [4.78, 5) is 12.9. The summed E-state index contributed by atoms with van der Waals surface area (Å²) in [5.41, 5.74) is 2.53. The highest BCUT2D eigenvalue weighted by Crippen LogP contribution is 2.23. The van der Waals surface area contributed by atoms with E-state index in [0.29, 0.717) is 5.69 Å². The number of carbonyl (C=O) groups is 1. The van der Waals surface area contributed by atoms with E-state index in [-0.39, 0.29) is 23.4 Å². The summed E-state index contributed by atoms with van der Waals surface area (Å²) in [5.74, 6) is -0.374. The van der Waals surface area contributed by atoms with Gasteiger partial charge >= 0.3 is 0 Å². The minimum absolute atomic E-state index is 0.142. The first-order valence-electron chi connectivity index (χ1n) is 9.36. The molecule has 0 fully saturated rings. The summed E-state index contributed by atoms with van der Waals surface area (Å²) in [6.07, 6.45) is 0. The molecule has 0 aromatic heterocycles. The van der Waals surface area contributed by atoms with Crippen LogP contribution in [0.1, 0.15) is 24.1 Å².